The lowest BCUT2D eigenvalue weighted by Crippen LogP contribution is -2.20. The Bertz CT molecular complexity index is 480. The predicted octanol–water partition coefficient (Wildman–Crippen LogP) is -0.288. The van der Waals surface area contributed by atoms with Crippen LogP contribution in [0, 0.1) is 0 Å². The van der Waals surface area contributed by atoms with E-state index in [1.54, 1.807) is 0 Å². The summed E-state index contributed by atoms with van der Waals surface area (Å²) in [5, 5.41) is 14.7. The van der Waals surface area contributed by atoms with Crippen molar-refractivity contribution in [3.63, 3.8) is 0 Å². The van der Waals surface area contributed by atoms with E-state index in [1.165, 1.54) is 17.9 Å². The van der Waals surface area contributed by atoms with Gasteiger partial charge in [-0.1, -0.05) is 0 Å². The topological polar surface area (TPSA) is 127 Å². The van der Waals surface area contributed by atoms with Crippen LogP contribution in [0.25, 0.3) is 0 Å². The van der Waals surface area contributed by atoms with Crippen molar-refractivity contribution in [3.05, 3.63) is 11.9 Å². The zero-order chi connectivity index (χ0) is 13.7. The van der Waals surface area contributed by atoms with E-state index in [9.17, 15) is 14.4 Å². The van der Waals surface area contributed by atoms with Crippen molar-refractivity contribution < 1.29 is 19.5 Å². The van der Waals surface area contributed by atoms with Gasteiger partial charge in [-0.05, 0) is 6.42 Å². The summed E-state index contributed by atoms with van der Waals surface area (Å²) >= 11 is 0. The minimum absolute atomic E-state index is 0.0550. The highest BCUT2D eigenvalue weighted by Gasteiger charge is 2.15. The Kier molecular flexibility index (Phi) is 4.41. The van der Waals surface area contributed by atoms with Gasteiger partial charge in [-0.3, -0.25) is 19.1 Å². The highest BCUT2D eigenvalue weighted by atomic mass is 16.4. The van der Waals surface area contributed by atoms with Crippen molar-refractivity contribution in [2.45, 2.75) is 19.3 Å². The number of hydrogen-bond acceptors (Lipinski definition) is 4. The molecular weight excluding hydrogens is 240 g/mol. The number of carbonyl (C=O) groups is 3. The number of nitrogens with one attached hydrogen (secondary N) is 1. The molecular formula is C10H14N4O4. The van der Waals surface area contributed by atoms with Gasteiger partial charge in [0, 0.05) is 19.9 Å². The number of carbonyl (C=O) groups excluding carboxylic acids is 2. The maximum Gasteiger partial charge on any atom is 0.303 e. The molecule has 8 heteroatoms. The Morgan fingerprint density at radius 1 is 1.44 bits per heavy atom. The van der Waals surface area contributed by atoms with Crippen LogP contribution < -0.4 is 11.1 Å². The van der Waals surface area contributed by atoms with Crippen molar-refractivity contribution in [2.24, 2.45) is 12.8 Å². The second-order valence-electron chi connectivity index (χ2n) is 3.69. The monoisotopic (exact) mass is 254 g/mol. The fourth-order valence-electron chi connectivity index (χ4n) is 1.43. The first kappa shape index (κ1) is 13.7. The summed E-state index contributed by atoms with van der Waals surface area (Å²) < 4.78 is 1.26. The molecule has 1 heterocycles. The zero-order valence-electron chi connectivity index (χ0n) is 9.84. The van der Waals surface area contributed by atoms with Crippen LogP contribution in [0.3, 0.4) is 0 Å². The third-order valence-electron chi connectivity index (χ3n) is 2.24. The lowest BCUT2D eigenvalue weighted by atomic mass is 10.2. The molecule has 2 amide bonds. The van der Waals surface area contributed by atoms with Crippen LogP contribution in [0.1, 0.15) is 29.8 Å². The van der Waals surface area contributed by atoms with E-state index in [0.29, 0.717) is 0 Å². The Hall–Kier alpha value is -2.38. The maximum atomic E-state index is 11.5. The number of carboxylic acid groups (broad SMARTS) is 1. The van der Waals surface area contributed by atoms with E-state index in [2.05, 4.69) is 10.4 Å². The first-order chi connectivity index (χ1) is 8.41. The van der Waals surface area contributed by atoms with E-state index in [0.717, 1.165) is 0 Å². The summed E-state index contributed by atoms with van der Waals surface area (Å²) in [6, 6.07) is 0. The normalized spacial score (nSPS) is 10.1. The van der Waals surface area contributed by atoms with Gasteiger partial charge >= 0.3 is 5.97 Å². The van der Waals surface area contributed by atoms with Gasteiger partial charge in [-0.25, -0.2) is 0 Å². The van der Waals surface area contributed by atoms with Crippen molar-refractivity contribution in [3.8, 4) is 0 Å². The summed E-state index contributed by atoms with van der Waals surface area (Å²) in [5.41, 5.74) is 5.47. The molecule has 0 bridgehead atoms. The summed E-state index contributed by atoms with van der Waals surface area (Å²) in [7, 11) is 1.53. The number of anilines is 1. The van der Waals surface area contributed by atoms with Crippen LogP contribution in [-0.2, 0) is 16.6 Å². The Morgan fingerprint density at radius 3 is 2.67 bits per heavy atom. The van der Waals surface area contributed by atoms with Gasteiger partial charge in [0.2, 0.25) is 5.91 Å². The van der Waals surface area contributed by atoms with E-state index in [4.69, 9.17) is 10.8 Å². The molecule has 98 valence electrons. The largest absolute Gasteiger partial charge is 0.481 e. The summed E-state index contributed by atoms with van der Waals surface area (Å²) in [6.07, 6.45) is 1.52. The third kappa shape index (κ3) is 3.58. The van der Waals surface area contributed by atoms with Crippen LogP contribution in [0.15, 0.2) is 6.20 Å². The standard InChI is InChI=1S/C10H14N4O4/c1-14-9(10(11)18)6(5-12-14)13-7(15)3-2-4-8(16)17/h5H,2-4H2,1H3,(H2,11,18)(H,13,15)(H,16,17). The molecule has 0 radical (unpaired) electrons. The average Bonchev–Trinajstić information content (AvgIpc) is 2.58. The summed E-state index contributed by atoms with van der Waals surface area (Å²) in [5.74, 6) is -2.04. The number of aromatic nitrogens is 2. The van der Waals surface area contributed by atoms with E-state index >= 15 is 0 Å². The predicted molar refractivity (Wildman–Crippen MR) is 61.8 cm³/mol. The molecule has 0 fully saturated rings. The second-order valence-corrected chi connectivity index (χ2v) is 3.69. The Labute approximate surface area is 103 Å². The number of carboxylic acids is 1. The highest BCUT2D eigenvalue weighted by Crippen LogP contribution is 2.13. The SMILES string of the molecule is Cn1ncc(NC(=O)CCCC(=O)O)c1C(N)=O. The van der Waals surface area contributed by atoms with Crippen molar-refractivity contribution in [2.75, 3.05) is 5.32 Å². The van der Waals surface area contributed by atoms with Gasteiger partial charge in [0.25, 0.3) is 5.91 Å². The molecule has 8 nitrogen and oxygen atoms in total. The number of aryl methyl sites for hydroxylation is 1. The first-order valence-corrected chi connectivity index (χ1v) is 5.25. The summed E-state index contributed by atoms with van der Waals surface area (Å²) in [4.78, 5) is 32.9. The molecule has 1 rings (SSSR count). The quantitative estimate of drug-likeness (QED) is 0.642. The van der Waals surface area contributed by atoms with Crippen LogP contribution in [0.4, 0.5) is 5.69 Å². The van der Waals surface area contributed by atoms with Crippen LogP contribution in [0.5, 0.6) is 0 Å². The lowest BCUT2D eigenvalue weighted by molar-refractivity contribution is -0.137. The van der Waals surface area contributed by atoms with Crippen molar-refractivity contribution in [1.82, 2.24) is 9.78 Å². The van der Waals surface area contributed by atoms with Crippen LogP contribution in [-0.4, -0.2) is 32.7 Å². The minimum Gasteiger partial charge on any atom is -0.481 e. The van der Waals surface area contributed by atoms with Gasteiger partial charge in [0.05, 0.1) is 11.9 Å². The van der Waals surface area contributed by atoms with Gasteiger partial charge in [-0.15, -0.1) is 0 Å². The van der Waals surface area contributed by atoms with E-state index in [1.807, 2.05) is 0 Å². The number of primary amides is 1. The molecule has 0 unspecified atom stereocenters. The minimum atomic E-state index is -0.956. The molecule has 0 saturated heterocycles. The zero-order valence-corrected chi connectivity index (χ0v) is 9.84. The number of rotatable bonds is 6. The fraction of sp³-hybridized carbons (Fsp3) is 0.400. The fourth-order valence-corrected chi connectivity index (χ4v) is 1.43. The molecule has 0 atom stereocenters. The van der Waals surface area contributed by atoms with E-state index < -0.39 is 11.9 Å². The smallest absolute Gasteiger partial charge is 0.303 e. The van der Waals surface area contributed by atoms with Crippen LogP contribution in [0.2, 0.25) is 0 Å². The average molecular weight is 254 g/mol. The molecule has 4 N–H and O–H groups in total. The molecule has 1 aromatic rings. The molecule has 0 aliphatic rings. The van der Waals surface area contributed by atoms with Crippen molar-refractivity contribution >= 4 is 23.5 Å². The van der Waals surface area contributed by atoms with Crippen molar-refractivity contribution in [1.29, 1.82) is 0 Å². The number of nitrogens with two attached hydrogens (primary N) is 1. The number of aliphatic carboxylic acids is 1. The lowest BCUT2D eigenvalue weighted by Gasteiger charge is -2.04. The Balaban J connectivity index is 2.59. The maximum absolute atomic E-state index is 11.5. The highest BCUT2D eigenvalue weighted by molar-refractivity contribution is 6.01. The molecule has 1 aromatic heterocycles. The van der Waals surface area contributed by atoms with Gasteiger partial charge in [0.1, 0.15) is 5.69 Å². The molecule has 0 aromatic carbocycles. The molecule has 0 spiro atoms. The second kappa shape index (κ2) is 5.80. The number of nitrogens with zero attached hydrogens (tertiary/aromatic N) is 2. The van der Waals surface area contributed by atoms with Gasteiger partial charge in [-0.2, -0.15) is 5.10 Å². The molecule has 18 heavy (non-hydrogen) atoms. The molecule has 0 saturated carbocycles. The van der Waals surface area contributed by atoms with Gasteiger partial charge < -0.3 is 16.2 Å². The molecule has 0 aliphatic carbocycles. The van der Waals surface area contributed by atoms with Crippen LogP contribution >= 0.6 is 0 Å². The Morgan fingerprint density at radius 2 is 2.11 bits per heavy atom. The van der Waals surface area contributed by atoms with E-state index in [-0.39, 0.29) is 36.6 Å². The number of hydrogen-bond donors (Lipinski definition) is 3. The summed E-state index contributed by atoms with van der Waals surface area (Å²) in [6.45, 7) is 0. The third-order valence-corrected chi connectivity index (χ3v) is 2.24. The first-order valence-electron chi connectivity index (χ1n) is 5.25. The van der Waals surface area contributed by atoms with Gasteiger partial charge in [0.15, 0.2) is 0 Å². The molecule has 0 aliphatic heterocycles. The number of amides is 2.